The Labute approximate surface area is 138 Å². The van der Waals surface area contributed by atoms with Gasteiger partial charge in [0.25, 0.3) is 5.91 Å². The summed E-state index contributed by atoms with van der Waals surface area (Å²) < 4.78 is 6.11. The van der Waals surface area contributed by atoms with Gasteiger partial charge >= 0.3 is 0 Å². The lowest BCUT2D eigenvalue weighted by atomic mass is 10.0. The van der Waals surface area contributed by atoms with Crippen LogP contribution in [0.4, 0.5) is 5.69 Å². The lowest BCUT2D eigenvalue weighted by molar-refractivity contribution is -0.112. The zero-order valence-electron chi connectivity index (χ0n) is 12.5. The third-order valence-electron chi connectivity index (χ3n) is 3.76. The number of halogens is 1. The molecule has 112 valence electrons. The summed E-state index contributed by atoms with van der Waals surface area (Å²) in [6, 6.07) is 13.7. The van der Waals surface area contributed by atoms with E-state index in [2.05, 4.69) is 15.9 Å². The predicted molar refractivity (Wildman–Crippen MR) is 93.0 cm³/mol. The molecule has 0 fully saturated rings. The van der Waals surface area contributed by atoms with Gasteiger partial charge in [0.15, 0.2) is 0 Å². The Morgan fingerprint density at radius 2 is 2.00 bits per heavy atom. The summed E-state index contributed by atoms with van der Waals surface area (Å²) in [5, 5.41) is 0. The second-order valence-corrected chi connectivity index (χ2v) is 5.87. The average molecular weight is 358 g/mol. The van der Waals surface area contributed by atoms with Gasteiger partial charge in [-0.3, -0.25) is 4.79 Å². The van der Waals surface area contributed by atoms with Crippen molar-refractivity contribution in [1.29, 1.82) is 0 Å². The SMILES string of the molecule is CCN1C(=O)/C(=C\c2ccc(OC)c(Br)c2)c2ccccc21. The van der Waals surface area contributed by atoms with Crippen molar-refractivity contribution >= 4 is 39.2 Å². The molecular weight excluding hydrogens is 342 g/mol. The number of ether oxygens (including phenoxy) is 1. The quantitative estimate of drug-likeness (QED) is 0.763. The van der Waals surface area contributed by atoms with Crippen LogP contribution in [0.15, 0.2) is 46.9 Å². The molecule has 0 saturated carbocycles. The fraction of sp³-hybridized carbons (Fsp3) is 0.167. The van der Waals surface area contributed by atoms with Crippen molar-refractivity contribution in [2.45, 2.75) is 6.92 Å². The van der Waals surface area contributed by atoms with Gasteiger partial charge in [0, 0.05) is 17.7 Å². The lowest BCUT2D eigenvalue weighted by Crippen LogP contribution is -2.25. The molecular formula is C18H16BrNO2. The molecule has 0 aliphatic carbocycles. The number of benzene rings is 2. The predicted octanol–water partition coefficient (Wildman–Crippen LogP) is 4.36. The number of fused-ring (bicyclic) bond motifs is 1. The zero-order chi connectivity index (χ0) is 15.7. The minimum Gasteiger partial charge on any atom is -0.496 e. The molecule has 1 heterocycles. The van der Waals surface area contributed by atoms with E-state index in [1.54, 1.807) is 12.0 Å². The number of nitrogens with zero attached hydrogens (tertiary/aromatic N) is 1. The first-order valence-corrected chi connectivity index (χ1v) is 7.91. The highest BCUT2D eigenvalue weighted by molar-refractivity contribution is 9.10. The van der Waals surface area contributed by atoms with Gasteiger partial charge in [-0.1, -0.05) is 24.3 Å². The van der Waals surface area contributed by atoms with Crippen LogP contribution < -0.4 is 9.64 Å². The van der Waals surface area contributed by atoms with E-state index in [1.165, 1.54) is 0 Å². The lowest BCUT2D eigenvalue weighted by Gasteiger charge is -2.13. The van der Waals surface area contributed by atoms with Crippen LogP contribution in [-0.2, 0) is 4.79 Å². The molecule has 0 atom stereocenters. The Bertz CT molecular complexity index is 767. The van der Waals surface area contributed by atoms with Crippen molar-refractivity contribution in [3.63, 3.8) is 0 Å². The molecule has 0 aromatic heterocycles. The average Bonchev–Trinajstić information content (AvgIpc) is 2.79. The number of amides is 1. The van der Waals surface area contributed by atoms with Crippen molar-refractivity contribution in [1.82, 2.24) is 0 Å². The minimum absolute atomic E-state index is 0.0515. The second kappa shape index (κ2) is 5.97. The number of rotatable bonds is 3. The highest BCUT2D eigenvalue weighted by Gasteiger charge is 2.30. The maximum Gasteiger partial charge on any atom is 0.258 e. The maximum absolute atomic E-state index is 12.6. The first-order chi connectivity index (χ1) is 10.7. The fourth-order valence-electron chi connectivity index (χ4n) is 2.70. The van der Waals surface area contributed by atoms with Crippen LogP contribution in [0.25, 0.3) is 11.6 Å². The van der Waals surface area contributed by atoms with E-state index in [9.17, 15) is 4.79 Å². The van der Waals surface area contributed by atoms with Crippen LogP contribution in [0.5, 0.6) is 5.75 Å². The standard InChI is InChI=1S/C18H16BrNO2/c1-3-20-16-7-5-4-6-13(16)14(18(20)21)10-12-8-9-17(22-2)15(19)11-12/h4-11H,3H2,1-2H3/b14-10-. The highest BCUT2D eigenvalue weighted by Crippen LogP contribution is 2.38. The summed E-state index contributed by atoms with van der Waals surface area (Å²) in [6.07, 6.45) is 1.93. The van der Waals surface area contributed by atoms with Gasteiger partial charge in [0.2, 0.25) is 0 Å². The molecule has 1 aliphatic rings. The van der Waals surface area contributed by atoms with E-state index in [0.717, 1.165) is 32.6 Å². The van der Waals surface area contributed by atoms with Crippen LogP contribution in [-0.4, -0.2) is 19.6 Å². The summed E-state index contributed by atoms with van der Waals surface area (Å²) in [6.45, 7) is 2.65. The van der Waals surface area contributed by atoms with Crippen molar-refractivity contribution in [3.05, 3.63) is 58.1 Å². The molecule has 0 saturated heterocycles. The van der Waals surface area contributed by atoms with Gasteiger partial charge in [-0.15, -0.1) is 0 Å². The number of para-hydroxylation sites is 1. The molecule has 1 amide bonds. The van der Waals surface area contributed by atoms with E-state index >= 15 is 0 Å². The molecule has 0 spiro atoms. The molecule has 4 heteroatoms. The maximum atomic E-state index is 12.6. The third-order valence-corrected chi connectivity index (χ3v) is 4.38. The molecule has 0 unspecified atom stereocenters. The van der Waals surface area contributed by atoms with E-state index in [0.29, 0.717) is 6.54 Å². The van der Waals surface area contributed by atoms with Crippen LogP contribution in [0.3, 0.4) is 0 Å². The monoisotopic (exact) mass is 357 g/mol. The summed E-state index contributed by atoms with van der Waals surface area (Å²) >= 11 is 3.48. The van der Waals surface area contributed by atoms with E-state index in [1.807, 2.05) is 55.5 Å². The summed E-state index contributed by atoms with van der Waals surface area (Å²) in [4.78, 5) is 14.4. The van der Waals surface area contributed by atoms with Crippen molar-refractivity contribution in [2.75, 3.05) is 18.6 Å². The molecule has 3 rings (SSSR count). The number of anilines is 1. The molecule has 3 nitrogen and oxygen atoms in total. The van der Waals surface area contributed by atoms with Crippen molar-refractivity contribution in [3.8, 4) is 5.75 Å². The Kier molecular flexibility index (Phi) is 4.03. The summed E-state index contributed by atoms with van der Waals surface area (Å²) in [5.41, 5.74) is 3.66. The van der Waals surface area contributed by atoms with Crippen LogP contribution in [0.1, 0.15) is 18.1 Å². The van der Waals surface area contributed by atoms with Gasteiger partial charge < -0.3 is 9.64 Å². The van der Waals surface area contributed by atoms with Crippen LogP contribution >= 0.6 is 15.9 Å². The number of carbonyl (C=O) groups is 1. The van der Waals surface area contributed by atoms with E-state index < -0.39 is 0 Å². The van der Waals surface area contributed by atoms with Crippen LogP contribution in [0, 0.1) is 0 Å². The van der Waals surface area contributed by atoms with Gasteiger partial charge in [-0.25, -0.2) is 0 Å². The second-order valence-electron chi connectivity index (χ2n) is 5.02. The highest BCUT2D eigenvalue weighted by atomic mass is 79.9. The minimum atomic E-state index is 0.0515. The van der Waals surface area contributed by atoms with E-state index in [-0.39, 0.29) is 5.91 Å². The number of methoxy groups -OCH3 is 1. The molecule has 0 bridgehead atoms. The van der Waals surface area contributed by atoms with Gasteiger partial charge in [-0.2, -0.15) is 0 Å². The van der Waals surface area contributed by atoms with Crippen LogP contribution in [0.2, 0.25) is 0 Å². The molecule has 2 aromatic rings. The number of likely N-dealkylation sites (N-methyl/N-ethyl adjacent to an activating group) is 1. The molecule has 2 aromatic carbocycles. The van der Waals surface area contributed by atoms with E-state index in [4.69, 9.17) is 4.74 Å². The summed E-state index contributed by atoms with van der Waals surface area (Å²) in [5.74, 6) is 0.825. The molecule has 0 radical (unpaired) electrons. The topological polar surface area (TPSA) is 29.5 Å². The zero-order valence-corrected chi connectivity index (χ0v) is 14.1. The first-order valence-electron chi connectivity index (χ1n) is 7.12. The van der Waals surface area contributed by atoms with Crippen molar-refractivity contribution in [2.24, 2.45) is 0 Å². The Morgan fingerprint density at radius 3 is 2.68 bits per heavy atom. The largest absolute Gasteiger partial charge is 0.496 e. The normalized spacial score (nSPS) is 15.3. The van der Waals surface area contributed by atoms with Gasteiger partial charge in [0.05, 0.1) is 17.3 Å². The number of hydrogen-bond acceptors (Lipinski definition) is 2. The van der Waals surface area contributed by atoms with Crippen molar-refractivity contribution < 1.29 is 9.53 Å². The molecule has 0 N–H and O–H groups in total. The smallest absolute Gasteiger partial charge is 0.258 e. The Hall–Kier alpha value is -2.07. The first kappa shape index (κ1) is 14.9. The number of hydrogen-bond donors (Lipinski definition) is 0. The van der Waals surface area contributed by atoms with Gasteiger partial charge in [0.1, 0.15) is 5.75 Å². The fourth-order valence-corrected chi connectivity index (χ4v) is 3.26. The molecule has 22 heavy (non-hydrogen) atoms. The summed E-state index contributed by atoms with van der Waals surface area (Å²) in [7, 11) is 1.63. The third kappa shape index (κ3) is 2.44. The Balaban J connectivity index is 2.08. The van der Waals surface area contributed by atoms with Gasteiger partial charge in [-0.05, 0) is 52.7 Å². The number of carbonyl (C=O) groups excluding carboxylic acids is 1. The molecule has 1 aliphatic heterocycles. The Morgan fingerprint density at radius 1 is 1.23 bits per heavy atom.